The first-order chi connectivity index (χ1) is 11.0. The van der Waals surface area contributed by atoms with Gasteiger partial charge in [-0.15, -0.1) is 0 Å². The largest absolute Gasteiger partial charge is 1.00 e. The van der Waals surface area contributed by atoms with Crippen LogP contribution in [0.1, 0.15) is 43.2 Å². The third-order valence-corrected chi connectivity index (χ3v) is 7.15. The van der Waals surface area contributed by atoms with Crippen LogP contribution in [0.25, 0.3) is 0 Å². The smallest absolute Gasteiger partial charge is 0.164 e. The highest BCUT2D eigenvalue weighted by atomic mass is 127. The van der Waals surface area contributed by atoms with Crippen LogP contribution in [-0.2, 0) is 11.8 Å². The van der Waals surface area contributed by atoms with Gasteiger partial charge in [0, 0.05) is 29.7 Å². The summed E-state index contributed by atoms with van der Waals surface area (Å²) in [4.78, 5) is 0. The van der Waals surface area contributed by atoms with Crippen molar-refractivity contribution >= 4 is 0 Å². The molecule has 0 radical (unpaired) electrons. The molecule has 4 heteroatoms. The fourth-order valence-electron chi connectivity index (χ4n) is 6.01. The molecule has 1 aromatic rings. The number of fused-ring (bicyclic) bond motifs is 1. The zero-order chi connectivity index (χ0) is 16.2. The van der Waals surface area contributed by atoms with E-state index < -0.39 is 0 Å². The van der Waals surface area contributed by atoms with E-state index >= 15 is 0 Å². The summed E-state index contributed by atoms with van der Waals surface area (Å²) in [5.41, 5.74) is 3.33. The van der Waals surface area contributed by atoms with Crippen LogP contribution in [-0.4, -0.2) is 45.4 Å². The highest BCUT2D eigenvalue weighted by Crippen LogP contribution is 2.60. The van der Waals surface area contributed by atoms with Crippen molar-refractivity contribution < 1.29 is 37.9 Å². The number of ether oxygens (including phenoxy) is 2. The van der Waals surface area contributed by atoms with Crippen molar-refractivity contribution in [3.05, 3.63) is 23.3 Å². The van der Waals surface area contributed by atoms with Crippen LogP contribution < -0.4 is 33.5 Å². The fraction of sp³-hybridized carbons (Fsp3) is 0.700. The van der Waals surface area contributed by atoms with Crippen molar-refractivity contribution in [2.24, 2.45) is 5.92 Å². The topological polar surface area (TPSA) is 18.5 Å². The van der Waals surface area contributed by atoms with Crippen LogP contribution in [0.5, 0.6) is 11.5 Å². The third kappa shape index (κ3) is 2.39. The molecule has 3 nitrogen and oxygen atoms in total. The SMILES string of the molecule is COc1ccc2c(c1OC)C13CCCCC1C(C2)[N+](C)(C)CC3.[I-]. The normalized spacial score (nSPS) is 32.8. The second kappa shape index (κ2) is 6.35. The molecule has 0 aromatic heterocycles. The van der Waals surface area contributed by atoms with Crippen LogP contribution >= 0.6 is 0 Å². The van der Waals surface area contributed by atoms with Crippen LogP contribution in [0, 0.1) is 5.92 Å². The van der Waals surface area contributed by atoms with E-state index in [1.807, 2.05) is 7.11 Å². The molecule has 1 aromatic carbocycles. The summed E-state index contributed by atoms with van der Waals surface area (Å²) in [6.07, 6.45) is 7.94. The Hall–Kier alpha value is -0.490. The molecule has 134 valence electrons. The van der Waals surface area contributed by atoms with Crippen molar-refractivity contribution in [2.45, 2.75) is 50.0 Å². The predicted molar refractivity (Wildman–Crippen MR) is 92.3 cm³/mol. The van der Waals surface area contributed by atoms with Crippen molar-refractivity contribution in [2.75, 3.05) is 34.9 Å². The molecule has 3 unspecified atom stereocenters. The van der Waals surface area contributed by atoms with Crippen LogP contribution in [0.4, 0.5) is 0 Å². The van der Waals surface area contributed by atoms with Gasteiger partial charge in [0.2, 0.25) is 0 Å². The van der Waals surface area contributed by atoms with E-state index in [1.54, 1.807) is 7.11 Å². The zero-order valence-electron chi connectivity index (χ0n) is 15.4. The maximum atomic E-state index is 5.89. The van der Waals surface area contributed by atoms with Gasteiger partial charge in [-0.1, -0.05) is 18.9 Å². The minimum Gasteiger partial charge on any atom is -1.00 e. The summed E-state index contributed by atoms with van der Waals surface area (Å²) in [6.45, 7) is 1.28. The van der Waals surface area contributed by atoms with Crippen LogP contribution in [0.3, 0.4) is 0 Å². The molecule has 0 N–H and O–H groups in total. The fourth-order valence-corrected chi connectivity index (χ4v) is 6.01. The summed E-state index contributed by atoms with van der Waals surface area (Å²) in [7, 11) is 8.44. The number of hydrogen-bond acceptors (Lipinski definition) is 2. The van der Waals surface area contributed by atoms with Crippen LogP contribution in [0.2, 0.25) is 0 Å². The summed E-state index contributed by atoms with van der Waals surface area (Å²) < 4.78 is 12.7. The Labute approximate surface area is 163 Å². The van der Waals surface area contributed by atoms with E-state index in [0.29, 0.717) is 5.41 Å². The predicted octanol–water partition coefficient (Wildman–Crippen LogP) is 0.541. The second-order valence-electron chi connectivity index (χ2n) is 8.37. The van der Waals surface area contributed by atoms with E-state index in [-0.39, 0.29) is 24.0 Å². The van der Waals surface area contributed by atoms with Gasteiger partial charge in [-0.05, 0) is 24.5 Å². The molecular formula is C20H30INO2. The molecule has 3 aliphatic rings. The lowest BCUT2D eigenvalue weighted by Gasteiger charge is -2.60. The number of quaternary nitrogens is 1. The standard InChI is InChI=1S/C20H30NO2.HI/c1-21(2)12-11-20-10-6-5-7-15(20)16(21)13-14-8-9-17(22-3)19(23-4)18(14)20;/h8-9,15-16H,5-7,10-13H2,1-4H3;1H/q+1;/p-1. The Kier molecular flexibility index (Phi) is 4.84. The second-order valence-corrected chi connectivity index (χ2v) is 8.37. The summed E-state index contributed by atoms with van der Waals surface area (Å²) in [5, 5.41) is 0. The molecule has 1 aliphatic heterocycles. The number of benzene rings is 1. The maximum Gasteiger partial charge on any atom is 0.164 e. The number of methoxy groups -OCH3 is 2. The molecule has 1 heterocycles. The monoisotopic (exact) mass is 443 g/mol. The third-order valence-electron chi connectivity index (χ3n) is 7.15. The molecule has 0 spiro atoms. The van der Waals surface area contributed by atoms with Gasteiger partial charge in [-0.25, -0.2) is 0 Å². The van der Waals surface area contributed by atoms with Gasteiger partial charge in [-0.2, -0.15) is 0 Å². The van der Waals surface area contributed by atoms with Crippen molar-refractivity contribution in [1.29, 1.82) is 0 Å². The van der Waals surface area contributed by atoms with E-state index in [2.05, 4.69) is 26.2 Å². The lowest BCUT2D eigenvalue weighted by atomic mass is 9.51. The van der Waals surface area contributed by atoms with Gasteiger partial charge in [-0.3, -0.25) is 0 Å². The molecule has 2 aliphatic carbocycles. The van der Waals surface area contributed by atoms with Gasteiger partial charge in [0.1, 0.15) is 0 Å². The zero-order valence-corrected chi connectivity index (χ0v) is 17.6. The quantitative estimate of drug-likeness (QED) is 0.491. The Morgan fingerprint density at radius 2 is 1.88 bits per heavy atom. The molecular weight excluding hydrogens is 413 g/mol. The van der Waals surface area contributed by atoms with Crippen molar-refractivity contribution in [1.82, 2.24) is 0 Å². The molecule has 4 rings (SSSR count). The minimum atomic E-state index is 0. The molecule has 2 bridgehead atoms. The number of halogens is 1. The number of piperidine rings is 1. The Morgan fingerprint density at radius 3 is 2.58 bits per heavy atom. The minimum absolute atomic E-state index is 0. The highest BCUT2D eigenvalue weighted by Gasteiger charge is 2.59. The van der Waals surface area contributed by atoms with Gasteiger partial charge in [0.25, 0.3) is 0 Å². The molecule has 3 atom stereocenters. The first-order valence-corrected chi connectivity index (χ1v) is 9.10. The van der Waals surface area contributed by atoms with Gasteiger partial charge in [0.05, 0.1) is 40.9 Å². The average molecular weight is 443 g/mol. The Balaban J connectivity index is 0.00000169. The molecule has 1 saturated carbocycles. The Bertz CT molecular complexity index is 630. The number of hydrogen-bond donors (Lipinski definition) is 0. The lowest BCUT2D eigenvalue weighted by Crippen LogP contribution is -3.00. The van der Waals surface area contributed by atoms with E-state index in [9.17, 15) is 0 Å². The molecule has 24 heavy (non-hydrogen) atoms. The van der Waals surface area contributed by atoms with E-state index in [4.69, 9.17) is 9.47 Å². The van der Waals surface area contributed by atoms with E-state index in [1.165, 1.54) is 60.7 Å². The Morgan fingerprint density at radius 1 is 1.08 bits per heavy atom. The summed E-state index contributed by atoms with van der Waals surface area (Å²) in [6, 6.07) is 5.17. The molecule has 0 amide bonds. The summed E-state index contributed by atoms with van der Waals surface area (Å²) in [5.74, 6) is 2.72. The van der Waals surface area contributed by atoms with E-state index in [0.717, 1.165) is 23.5 Å². The van der Waals surface area contributed by atoms with Gasteiger partial charge in [0.15, 0.2) is 11.5 Å². The van der Waals surface area contributed by atoms with Crippen molar-refractivity contribution in [3.8, 4) is 11.5 Å². The van der Waals surface area contributed by atoms with Gasteiger partial charge < -0.3 is 37.9 Å². The average Bonchev–Trinajstić information content (AvgIpc) is 2.57. The number of likely N-dealkylation sites (N-methyl/N-ethyl adjacent to an activating group) is 1. The first-order valence-electron chi connectivity index (χ1n) is 9.10. The number of nitrogens with zero attached hydrogens (tertiary/aromatic N) is 1. The maximum absolute atomic E-state index is 5.89. The number of rotatable bonds is 2. The van der Waals surface area contributed by atoms with Crippen LogP contribution in [0.15, 0.2) is 12.1 Å². The summed E-state index contributed by atoms with van der Waals surface area (Å²) >= 11 is 0. The molecule has 2 fully saturated rings. The van der Waals surface area contributed by atoms with Crippen molar-refractivity contribution in [3.63, 3.8) is 0 Å². The lowest BCUT2D eigenvalue weighted by molar-refractivity contribution is -0.927. The first kappa shape index (κ1) is 18.3. The molecule has 1 saturated heterocycles. The highest BCUT2D eigenvalue weighted by molar-refractivity contribution is 5.57. The van der Waals surface area contributed by atoms with Gasteiger partial charge >= 0.3 is 0 Å². The number of likely N-dealkylation sites (tertiary alicyclic amines) is 1.